The lowest BCUT2D eigenvalue weighted by Gasteiger charge is -2.02. The summed E-state index contributed by atoms with van der Waals surface area (Å²) < 4.78 is 10.2. The summed E-state index contributed by atoms with van der Waals surface area (Å²) in [5, 5.41) is 0. The predicted octanol–water partition coefficient (Wildman–Crippen LogP) is 2.87. The number of furan rings is 1. The Morgan fingerprint density at radius 1 is 1.27 bits per heavy atom. The Bertz CT molecular complexity index is 457. The van der Waals surface area contributed by atoms with Gasteiger partial charge in [-0.25, -0.2) is 0 Å². The fraction of sp³-hybridized carbons (Fsp3) is 0.0833. The molecule has 0 amide bonds. The lowest BCUT2D eigenvalue weighted by atomic mass is 10.2. The summed E-state index contributed by atoms with van der Waals surface area (Å²) in [7, 11) is 0. The molecule has 2 rings (SSSR count). The van der Waals surface area contributed by atoms with Gasteiger partial charge in [0.05, 0.1) is 6.26 Å². The van der Waals surface area contributed by atoms with E-state index in [2.05, 4.69) is 0 Å². The number of ether oxygens (including phenoxy) is 1. The van der Waals surface area contributed by atoms with E-state index < -0.39 is 0 Å². The molecule has 0 saturated carbocycles. The molecule has 0 unspecified atom stereocenters. The van der Waals surface area contributed by atoms with Gasteiger partial charge in [-0.15, -0.1) is 0 Å². The molecule has 0 fully saturated rings. The summed E-state index contributed by atoms with van der Waals surface area (Å²) in [6, 6.07) is 10.9. The van der Waals surface area contributed by atoms with Crippen LogP contribution in [0.4, 0.5) is 0 Å². The minimum atomic E-state index is -0.327. The molecule has 0 aliphatic carbocycles. The van der Waals surface area contributed by atoms with Crippen LogP contribution in [0.1, 0.15) is 6.92 Å². The fourth-order valence-electron chi connectivity index (χ4n) is 1.32. The van der Waals surface area contributed by atoms with Crippen molar-refractivity contribution in [2.75, 3.05) is 0 Å². The average molecular weight is 202 g/mol. The molecule has 3 heteroatoms. The van der Waals surface area contributed by atoms with Crippen LogP contribution in [0, 0.1) is 0 Å². The van der Waals surface area contributed by atoms with Gasteiger partial charge in [0.25, 0.3) is 0 Å². The van der Waals surface area contributed by atoms with Gasteiger partial charge in [0, 0.05) is 12.5 Å². The largest absolute Gasteiger partial charge is 0.464 e. The quantitative estimate of drug-likeness (QED) is 0.555. The predicted molar refractivity (Wildman–Crippen MR) is 55.5 cm³/mol. The summed E-state index contributed by atoms with van der Waals surface area (Å²) >= 11 is 0. The standard InChI is InChI=1S/C12H10O3/c1-9(13)15-11-5-2-4-10(8-11)12-6-3-7-14-12/h2-8H,1H3. The van der Waals surface area contributed by atoms with Gasteiger partial charge in [0.2, 0.25) is 0 Å². The minimum absolute atomic E-state index is 0.327. The second-order valence-corrected chi connectivity index (χ2v) is 3.10. The second-order valence-electron chi connectivity index (χ2n) is 3.10. The molecule has 0 radical (unpaired) electrons. The zero-order chi connectivity index (χ0) is 10.7. The fourth-order valence-corrected chi connectivity index (χ4v) is 1.32. The van der Waals surface area contributed by atoms with Crippen molar-refractivity contribution >= 4 is 5.97 Å². The van der Waals surface area contributed by atoms with E-state index in [-0.39, 0.29) is 5.97 Å². The topological polar surface area (TPSA) is 39.4 Å². The van der Waals surface area contributed by atoms with E-state index in [1.807, 2.05) is 24.3 Å². The number of hydrogen-bond donors (Lipinski definition) is 0. The molecule has 0 bridgehead atoms. The first-order valence-electron chi connectivity index (χ1n) is 4.58. The molecule has 0 N–H and O–H groups in total. The van der Waals surface area contributed by atoms with Crippen LogP contribution < -0.4 is 4.74 Å². The van der Waals surface area contributed by atoms with E-state index in [4.69, 9.17) is 9.15 Å². The summed E-state index contributed by atoms with van der Waals surface area (Å²) in [4.78, 5) is 10.8. The SMILES string of the molecule is CC(=O)Oc1cccc(-c2ccco2)c1. The third-order valence-electron chi connectivity index (χ3n) is 1.90. The van der Waals surface area contributed by atoms with Gasteiger partial charge in [-0.2, -0.15) is 0 Å². The molecule has 2 aromatic rings. The third-order valence-corrected chi connectivity index (χ3v) is 1.90. The summed E-state index contributed by atoms with van der Waals surface area (Å²) in [5.74, 6) is 0.951. The molecule has 0 atom stereocenters. The number of carbonyl (C=O) groups excluding carboxylic acids is 1. The molecule has 15 heavy (non-hydrogen) atoms. The number of hydrogen-bond acceptors (Lipinski definition) is 3. The van der Waals surface area contributed by atoms with Crippen LogP contribution in [0.5, 0.6) is 5.75 Å². The maximum atomic E-state index is 10.8. The maximum Gasteiger partial charge on any atom is 0.308 e. The first-order chi connectivity index (χ1) is 7.25. The molecule has 1 aromatic carbocycles. The number of esters is 1. The molecule has 1 heterocycles. The highest BCUT2D eigenvalue weighted by Crippen LogP contribution is 2.24. The Hall–Kier alpha value is -2.03. The first kappa shape index (κ1) is 9.52. The minimum Gasteiger partial charge on any atom is -0.464 e. The van der Waals surface area contributed by atoms with Crippen LogP contribution >= 0.6 is 0 Å². The van der Waals surface area contributed by atoms with E-state index in [1.54, 1.807) is 18.4 Å². The zero-order valence-electron chi connectivity index (χ0n) is 8.27. The van der Waals surface area contributed by atoms with E-state index in [1.165, 1.54) is 6.92 Å². The first-order valence-corrected chi connectivity index (χ1v) is 4.58. The Labute approximate surface area is 87.3 Å². The van der Waals surface area contributed by atoms with Crippen molar-refractivity contribution in [1.82, 2.24) is 0 Å². The Morgan fingerprint density at radius 3 is 2.80 bits per heavy atom. The Morgan fingerprint density at radius 2 is 2.13 bits per heavy atom. The van der Waals surface area contributed by atoms with Crippen LogP contribution in [0.2, 0.25) is 0 Å². The van der Waals surface area contributed by atoms with Crippen molar-refractivity contribution < 1.29 is 13.9 Å². The van der Waals surface area contributed by atoms with Crippen LogP contribution in [-0.4, -0.2) is 5.97 Å². The summed E-state index contributed by atoms with van der Waals surface area (Å²) in [6.45, 7) is 1.37. The van der Waals surface area contributed by atoms with Crippen LogP contribution in [-0.2, 0) is 4.79 Å². The second kappa shape index (κ2) is 4.00. The van der Waals surface area contributed by atoms with Crippen LogP contribution in [0.15, 0.2) is 47.1 Å². The summed E-state index contributed by atoms with van der Waals surface area (Å²) in [6.07, 6.45) is 1.60. The zero-order valence-corrected chi connectivity index (χ0v) is 8.27. The molecule has 0 saturated heterocycles. The molecular weight excluding hydrogens is 192 g/mol. The Kier molecular flexibility index (Phi) is 2.54. The number of carbonyl (C=O) groups is 1. The van der Waals surface area contributed by atoms with Gasteiger partial charge in [-0.1, -0.05) is 12.1 Å². The number of rotatable bonds is 2. The average Bonchev–Trinajstić information content (AvgIpc) is 2.69. The highest BCUT2D eigenvalue weighted by Gasteiger charge is 2.03. The van der Waals surface area contributed by atoms with Crippen molar-refractivity contribution in [2.45, 2.75) is 6.92 Å². The van der Waals surface area contributed by atoms with Crippen molar-refractivity contribution in [3.63, 3.8) is 0 Å². The van der Waals surface area contributed by atoms with Crippen molar-refractivity contribution in [3.05, 3.63) is 42.7 Å². The van der Waals surface area contributed by atoms with E-state index in [9.17, 15) is 4.79 Å². The Balaban J connectivity index is 2.31. The van der Waals surface area contributed by atoms with Crippen molar-refractivity contribution in [3.8, 4) is 17.1 Å². The highest BCUT2D eigenvalue weighted by molar-refractivity contribution is 5.70. The molecule has 0 spiro atoms. The number of benzene rings is 1. The van der Waals surface area contributed by atoms with Gasteiger partial charge in [0.1, 0.15) is 11.5 Å². The smallest absolute Gasteiger partial charge is 0.308 e. The van der Waals surface area contributed by atoms with Gasteiger partial charge in [-0.05, 0) is 24.3 Å². The normalized spacial score (nSPS) is 9.93. The van der Waals surface area contributed by atoms with Crippen molar-refractivity contribution in [2.24, 2.45) is 0 Å². The molecule has 76 valence electrons. The van der Waals surface area contributed by atoms with E-state index in [0.717, 1.165) is 11.3 Å². The summed E-state index contributed by atoms with van der Waals surface area (Å²) in [5.41, 5.74) is 0.888. The molecule has 0 aliphatic heterocycles. The van der Waals surface area contributed by atoms with Gasteiger partial charge < -0.3 is 9.15 Å². The molecule has 0 aliphatic rings. The lowest BCUT2D eigenvalue weighted by molar-refractivity contribution is -0.131. The van der Waals surface area contributed by atoms with Gasteiger partial charge in [-0.3, -0.25) is 4.79 Å². The van der Waals surface area contributed by atoms with Crippen LogP contribution in [0.3, 0.4) is 0 Å². The van der Waals surface area contributed by atoms with Crippen molar-refractivity contribution in [1.29, 1.82) is 0 Å². The van der Waals surface area contributed by atoms with E-state index >= 15 is 0 Å². The monoisotopic (exact) mass is 202 g/mol. The molecular formula is C12H10O3. The molecule has 1 aromatic heterocycles. The lowest BCUT2D eigenvalue weighted by Crippen LogP contribution is -2.00. The molecule has 3 nitrogen and oxygen atoms in total. The van der Waals surface area contributed by atoms with Gasteiger partial charge in [0.15, 0.2) is 0 Å². The van der Waals surface area contributed by atoms with Gasteiger partial charge >= 0.3 is 5.97 Å². The third kappa shape index (κ3) is 2.26. The maximum absolute atomic E-state index is 10.8. The van der Waals surface area contributed by atoms with Crippen LogP contribution in [0.25, 0.3) is 11.3 Å². The van der Waals surface area contributed by atoms with E-state index in [0.29, 0.717) is 5.75 Å². The highest BCUT2D eigenvalue weighted by atomic mass is 16.5.